The van der Waals surface area contributed by atoms with Gasteiger partial charge >= 0.3 is 0 Å². The number of nitrogens with zero attached hydrogens (tertiary/aromatic N) is 2. The molecule has 0 saturated carbocycles. The molecule has 0 amide bonds. The molecule has 0 saturated heterocycles. The zero-order valence-electron chi connectivity index (χ0n) is 7.58. The third kappa shape index (κ3) is 3.40. The summed E-state index contributed by atoms with van der Waals surface area (Å²) >= 11 is 7.52. The summed E-state index contributed by atoms with van der Waals surface area (Å²) in [7, 11) is 1.56. The largest absolute Gasteiger partial charge is 0.481 e. The Kier molecular flexibility index (Phi) is 4.32. The van der Waals surface area contributed by atoms with Gasteiger partial charge in [0.25, 0.3) is 0 Å². The lowest BCUT2D eigenvalue weighted by Crippen LogP contribution is -1.96. The predicted octanol–water partition coefficient (Wildman–Crippen LogP) is 2.39. The van der Waals surface area contributed by atoms with Crippen molar-refractivity contribution in [2.24, 2.45) is 0 Å². The van der Waals surface area contributed by atoms with Gasteiger partial charge in [0.2, 0.25) is 5.88 Å². The van der Waals surface area contributed by atoms with Gasteiger partial charge in [-0.05, 0) is 5.75 Å². The molecule has 3 nitrogen and oxygen atoms in total. The van der Waals surface area contributed by atoms with E-state index in [-0.39, 0.29) is 0 Å². The van der Waals surface area contributed by atoms with Gasteiger partial charge in [0.05, 0.1) is 12.9 Å². The number of hydrogen-bond donors (Lipinski definition) is 0. The van der Waals surface area contributed by atoms with Crippen molar-refractivity contribution in [3.63, 3.8) is 0 Å². The topological polar surface area (TPSA) is 35.0 Å². The SMILES string of the molecule is CCSCc1nc(Cl)cc(OC)n1. The minimum atomic E-state index is 0.429. The Bertz CT molecular complexity index is 283. The van der Waals surface area contributed by atoms with Gasteiger partial charge in [0, 0.05) is 6.07 Å². The molecule has 0 aromatic carbocycles. The Morgan fingerprint density at radius 3 is 2.92 bits per heavy atom. The molecule has 1 heterocycles. The van der Waals surface area contributed by atoms with Crippen molar-refractivity contribution in [3.05, 3.63) is 17.0 Å². The van der Waals surface area contributed by atoms with Gasteiger partial charge < -0.3 is 4.74 Å². The van der Waals surface area contributed by atoms with Crippen LogP contribution in [0.4, 0.5) is 0 Å². The normalized spacial score (nSPS) is 10.1. The van der Waals surface area contributed by atoms with Crippen molar-refractivity contribution < 1.29 is 4.74 Å². The van der Waals surface area contributed by atoms with Gasteiger partial charge in [-0.1, -0.05) is 18.5 Å². The van der Waals surface area contributed by atoms with Gasteiger partial charge in [0.1, 0.15) is 11.0 Å². The second-order valence-corrected chi connectivity index (χ2v) is 3.95. The highest BCUT2D eigenvalue weighted by Gasteiger charge is 2.02. The average molecular weight is 219 g/mol. The molecule has 1 aromatic heterocycles. The summed E-state index contributed by atoms with van der Waals surface area (Å²) in [6, 6.07) is 1.60. The zero-order chi connectivity index (χ0) is 9.68. The van der Waals surface area contributed by atoms with Gasteiger partial charge in [-0.25, -0.2) is 4.98 Å². The van der Waals surface area contributed by atoms with E-state index in [1.807, 2.05) is 0 Å². The van der Waals surface area contributed by atoms with E-state index >= 15 is 0 Å². The van der Waals surface area contributed by atoms with Crippen LogP contribution in [0, 0.1) is 0 Å². The lowest BCUT2D eigenvalue weighted by atomic mass is 10.6. The standard InChI is InChI=1S/C8H11ClN2OS/c1-3-13-5-7-10-6(9)4-8(11-7)12-2/h4H,3,5H2,1-2H3. The zero-order valence-corrected chi connectivity index (χ0v) is 9.15. The first-order valence-electron chi connectivity index (χ1n) is 3.91. The Morgan fingerprint density at radius 2 is 2.31 bits per heavy atom. The molecule has 0 fully saturated rings. The third-order valence-electron chi connectivity index (χ3n) is 1.36. The Hall–Kier alpha value is -0.480. The van der Waals surface area contributed by atoms with Gasteiger partial charge in [0.15, 0.2) is 0 Å². The first-order chi connectivity index (χ1) is 6.26. The molecule has 0 atom stereocenters. The number of thioether (sulfide) groups is 1. The van der Waals surface area contributed by atoms with Crippen LogP contribution in [0.2, 0.25) is 5.15 Å². The quantitative estimate of drug-likeness (QED) is 0.727. The summed E-state index contributed by atoms with van der Waals surface area (Å²) < 4.78 is 4.97. The molecule has 13 heavy (non-hydrogen) atoms. The number of methoxy groups -OCH3 is 1. The predicted molar refractivity (Wildman–Crippen MR) is 55.4 cm³/mol. The van der Waals surface area contributed by atoms with Gasteiger partial charge in [-0.3, -0.25) is 0 Å². The lowest BCUT2D eigenvalue weighted by molar-refractivity contribution is 0.395. The fourth-order valence-electron chi connectivity index (χ4n) is 0.804. The second kappa shape index (κ2) is 5.29. The maximum atomic E-state index is 5.77. The van der Waals surface area contributed by atoms with Crippen LogP contribution in [-0.4, -0.2) is 22.8 Å². The Balaban J connectivity index is 2.76. The molecule has 1 aromatic rings. The summed E-state index contributed by atoms with van der Waals surface area (Å²) in [4.78, 5) is 8.22. The fraction of sp³-hybridized carbons (Fsp3) is 0.500. The maximum Gasteiger partial charge on any atom is 0.217 e. The van der Waals surface area contributed by atoms with Crippen LogP contribution in [0.25, 0.3) is 0 Å². The van der Waals surface area contributed by atoms with Crippen molar-refractivity contribution in [3.8, 4) is 5.88 Å². The van der Waals surface area contributed by atoms with Gasteiger partial charge in [-0.15, -0.1) is 0 Å². The third-order valence-corrected chi connectivity index (χ3v) is 2.43. The smallest absolute Gasteiger partial charge is 0.217 e. The second-order valence-electron chi connectivity index (χ2n) is 2.29. The first-order valence-corrected chi connectivity index (χ1v) is 5.44. The van der Waals surface area contributed by atoms with Crippen LogP contribution < -0.4 is 4.74 Å². The highest BCUT2D eigenvalue weighted by Crippen LogP contribution is 2.16. The molecule has 0 aliphatic carbocycles. The van der Waals surface area contributed by atoms with E-state index < -0.39 is 0 Å². The van der Waals surface area contributed by atoms with E-state index in [9.17, 15) is 0 Å². The van der Waals surface area contributed by atoms with Crippen LogP contribution in [0.5, 0.6) is 5.88 Å². The van der Waals surface area contributed by atoms with E-state index in [0.717, 1.165) is 17.3 Å². The minimum absolute atomic E-state index is 0.429. The van der Waals surface area contributed by atoms with Crippen molar-refractivity contribution in [2.45, 2.75) is 12.7 Å². The van der Waals surface area contributed by atoms with E-state index in [2.05, 4.69) is 16.9 Å². The number of rotatable bonds is 4. The highest BCUT2D eigenvalue weighted by molar-refractivity contribution is 7.98. The lowest BCUT2D eigenvalue weighted by Gasteiger charge is -2.02. The summed E-state index contributed by atoms with van der Waals surface area (Å²) in [5.41, 5.74) is 0. The van der Waals surface area contributed by atoms with Crippen molar-refractivity contribution in [1.82, 2.24) is 9.97 Å². The van der Waals surface area contributed by atoms with Crippen molar-refractivity contribution in [1.29, 1.82) is 0 Å². The monoisotopic (exact) mass is 218 g/mol. The van der Waals surface area contributed by atoms with Crippen LogP contribution in [-0.2, 0) is 5.75 Å². The van der Waals surface area contributed by atoms with Crippen LogP contribution in [0.15, 0.2) is 6.07 Å². The summed E-state index contributed by atoms with van der Waals surface area (Å²) in [5, 5.41) is 0.429. The van der Waals surface area contributed by atoms with E-state index in [4.69, 9.17) is 16.3 Å². The molecular weight excluding hydrogens is 208 g/mol. The summed E-state index contributed by atoms with van der Waals surface area (Å²) in [5.74, 6) is 3.05. The Morgan fingerprint density at radius 1 is 1.54 bits per heavy atom. The number of halogens is 1. The van der Waals surface area contributed by atoms with E-state index in [1.54, 1.807) is 24.9 Å². The van der Waals surface area contributed by atoms with Crippen LogP contribution in [0.3, 0.4) is 0 Å². The number of aromatic nitrogens is 2. The molecule has 0 aliphatic rings. The number of ether oxygens (including phenoxy) is 1. The number of hydrogen-bond acceptors (Lipinski definition) is 4. The molecule has 0 bridgehead atoms. The molecule has 0 aliphatic heterocycles. The highest BCUT2D eigenvalue weighted by atomic mass is 35.5. The Labute approximate surface area is 86.9 Å². The minimum Gasteiger partial charge on any atom is -0.481 e. The summed E-state index contributed by atoms with van der Waals surface area (Å²) in [6.07, 6.45) is 0. The molecule has 1 rings (SSSR count). The maximum absolute atomic E-state index is 5.77. The molecule has 0 N–H and O–H groups in total. The van der Waals surface area contributed by atoms with Crippen molar-refractivity contribution in [2.75, 3.05) is 12.9 Å². The molecule has 5 heteroatoms. The summed E-state index contributed by atoms with van der Waals surface area (Å²) in [6.45, 7) is 2.09. The average Bonchev–Trinajstić information content (AvgIpc) is 2.14. The van der Waals surface area contributed by atoms with Crippen LogP contribution >= 0.6 is 23.4 Å². The first kappa shape index (κ1) is 10.6. The molecular formula is C8H11ClN2OS. The fourth-order valence-corrected chi connectivity index (χ4v) is 1.51. The molecule has 72 valence electrons. The van der Waals surface area contributed by atoms with E-state index in [1.165, 1.54) is 0 Å². The van der Waals surface area contributed by atoms with Crippen LogP contribution in [0.1, 0.15) is 12.7 Å². The van der Waals surface area contributed by atoms with Gasteiger partial charge in [-0.2, -0.15) is 16.7 Å². The molecule has 0 spiro atoms. The van der Waals surface area contributed by atoms with E-state index in [0.29, 0.717) is 11.0 Å². The van der Waals surface area contributed by atoms with Crippen molar-refractivity contribution >= 4 is 23.4 Å². The molecule has 0 unspecified atom stereocenters. The molecule has 0 radical (unpaired) electrons.